The third-order valence-electron chi connectivity index (χ3n) is 4.08. The van der Waals surface area contributed by atoms with E-state index in [1.165, 1.54) is 0 Å². The molecule has 0 aromatic rings. The second-order valence-electron chi connectivity index (χ2n) is 5.35. The Morgan fingerprint density at radius 2 is 1.19 bits per heavy atom. The molecule has 0 atom stereocenters. The number of nitrogens with zero attached hydrogens (tertiary/aromatic N) is 3. The van der Waals surface area contributed by atoms with E-state index in [0.29, 0.717) is 12.4 Å². The molecule has 0 radical (unpaired) electrons. The Kier molecular flexibility index (Phi) is 30.0. The largest absolute Gasteiger partial charge is 0.482 e. The molecule has 2 saturated heterocycles. The molecule has 4 nitrogen and oxygen atoms in total. The molecule has 31 heavy (non-hydrogen) atoms. The van der Waals surface area contributed by atoms with Crippen molar-refractivity contribution in [2.45, 2.75) is 69.2 Å². The van der Waals surface area contributed by atoms with E-state index in [4.69, 9.17) is 4.74 Å². The molecule has 2 rings (SSSR count). The summed E-state index contributed by atoms with van der Waals surface area (Å²) in [4.78, 5) is 6.53. The second-order valence-corrected chi connectivity index (χ2v) is 5.35. The maximum Gasteiger partial charge on any atom is 0.184 e. The normalized spacial score (nSPS) is 14.1. The summed E-state index contributed by atoms with van der Waals surface area (Å²) in [6, 6.07) is 0. The first-order valence-electron chi connectivity index (χ1n) is 12.0. The quantitative estimate of drug-likeness (QED) is 0.432. The third-order valence-corrected chi connectivity index (χ3v) is 4.08. The Morgan fingerprint density at radius 1 is 0.742 bits per heavy atom. The molecule has 0 aromatic heterocycles. The van der Waals surface area contributed by atoms with Crippen LogP contribution in [-0.2, 0) is 4.74 Å². The van der Waals surface area contributed by atoms with Crippen LogP contribution in [0.2, 0.25) is 0 Å². The highest BCUT2D eigenvalue weighted by atomic mass is 16.5. The zero-order valence-corrected chi connectivity index (χ0v) is 22.8. The number of piperazine rings is 1. The number of hydrogen-bond acceptors (Lipinski definition) is 4. The van der Waals surface area contributed by atoms with Crippen molar-refractivity contribution >= 4 is 0 Å². The summed E-state index contributed by atoms with van der Waals surface area (Å²) in [5.74, 6) is 0.693. The maximum atomic E-state index is 5.27. The predicted molar refractivity (Wildman–Crippen MR) is 142 cm³/mol. The highest BCUT2D eigenvalue weighted by Gasteiger charge is 2.19. The van der Waals surface area contributed by atoms with Crippen molar-refractivity contribution in [3.8, 4) is 0 Å². The molecule has 0 saturated carbocycles. The number of rotatable bonds is 2. The number of morpholine rings is 1. The summed E-state index contributed by atoms with van der Waals surface area (Å²) in [5.41, 5.74) is 8.61. The molecule has 0 aromatic carbocycles. The number of likely N-dealkylation sites (N-methyl/N-ethyl adjacent to an activating group) is 3. The lowest BCUT2D eigenvalue weighted by molar-refractivity contribution is 0.132. The Bertz CT molecular complexity index is 553. The maximum absolute atomic E-state index is 5.27. The van der Waals surface area contributed by atoms with E-state index in [1.807, 2.05) is 62.4 Å². The molecule has 0 bridgehead atoms. The summed E-state index contributed by atoms with van der Waals surface area (Å²) in [5, 5.41) is 0. The molecule has 2 aliphatic rings. The Morgan fingerprint density at radius 3 is 1.58 bits per heavy atom. The molecule has 182 valence electrons. The average Bonchev–Trinajstić information content (AvgIpc) is 2.85. The van der Waals surface area contributed by atoms with Crippen LogP contribution in [0, 0.1) is 0 Å². The Labute approximate surface area is 196 Å². The highest BCUT2D eigenvalue weighted by molar-refractivity contribution is 5.26. The fourth-order valence-corrected chi connectivity index (χ4v) is 2.60. The lowest BCUT2D eigenvalue weighted by Gasteiger charge is -2.37. The van der Waals surface area contributed by atoms with Gasteiger partial charge in [-0.15, -0.1) is 5.73 Å². The van der Waals surface area contributed by atoms with Gasteiger partial charge in [-0.05, 0) is 13.8 Å². The van der Waals surface area contributed by atoms with Gasteiger partial charge in [0.2, 0.25) is 0 Å². The van der Waals surface area contributed by atoms with Gasteiger partial charge < -0.3 is 19.4 Å². The SMILES string of the molecule is C=C=C1C(=C)N(CC)CCN1C.C=C=C1OCCN(CC)C1=C.CC.CC.CC.CC. The minimum Gasteiger partial charge on any atom is -0.482 e. The van der Waals surface area contributed by atoms with Gasteiger partial charge in [-0.2, -0.15) is 0 Å². The fourth-order valence-electron chi connectivity index (χ4n) is 2.60. The average molecular weight is 436 g/mol. The summed E-state index contributed by atoms with van der Waals surface area (Å²) >= 11 is 0. The van der Waals surface area contributed by atoms with Gasteiger partial charge >= 0.3 is 0 Å². The van der Waals surface area contributed by atoms with Gasteiger partial charge in [0.15, 0.2) is 5.76 Å². The number of hydrogen-bond donors (Lipinski definition) is 0. The zero-order valence-electron chi connectivity index (χ0n) is 22.8. The Hall–Kier alpha value is -2.28. The summed E-state index contributed by atoms with van der Waals surface area (Å²) in [6.45, 7) is 41.0. The van der Waals surface area contributed by atoms with Crippen LogP contribution in [0.1, 0.15) is 69.2 Å². The fraction of sp³-hybridized carbons (Fsp3) is 0.630. The van der Waals surface area contributed by atoms with Crippen LogP contribution in [0.25, 0.3) is 0 Å². The van der Waals surface area contributed by atoms with Crippen molar-refractivity contribution in [2.75, 3.05) is 46.4 Å². The molecule has 0 amide bonds. The molecular weight excluding hydrogens is 382 g/mol. The van der Waals surface area contributed by atoms with E-state index in [2.05, 4.69) is 66.3 Å². The van der Waals surface area contributed by atoms with Crippen molar-refractivity contribution < 1.29 is 4.74 Å². The lowest BCUT2D eigenvalue weighted by Crippen LogP contribution is -2.40. The summed E-state index contributed by atoms with van der Waals surface area (Å²) in [7, 11) is 2.05. The van der Waals surface area contributed by atoms with Crippen LogP contribution in [0.15, 0.2) is 60.6 Å². The molecule has 0 spiro atoms. The van der Waals surface area contributed by atoms with Gasteiger partial charge in [0, 0.05) is 33.2 Å². The van der Waals surface area contributed by atoms with Crippen LogP contribution >= 0.6 is 0 Å². The highest BCUT2D eigenvalue weighted by Crippen LogP contribution is 2.19. The van der Waals surface area contributed by atoms with Gasteiger partial charge in [-0.1, -0.05) is 87.4 Å². The molecule has 4 heteroatoms. The van der Waals surface area contributed by atoms with E-state index < -0.39 is 0 Å². The standard InChI is InChI=1S/C10H16N2.C9H13NO.4C2H6/c1-5-10-9(3)12(6-2)8-7-11(10)4;1-4-9-8(3)10(5-2)6-7-11-9;4*1-2/h1,3,6-8H2,2,4H3;1,3,5-7H2,2H3;4*1-2H3. The minimum atomic E-state index is 0.693. The van der Waals surface area contributed by atoms with Crippen LogP contribution in [0.4, 0.5) is 0 Å². The molecule has 2 heterocycles. The predicted octanol–water partition coefficient (Wildman–Crippen LogP) is 7.06. The van der Waals surface area contributed by atoms with E-state index in [1.54, 1.807) is 0 Å². The third kappa shape index (κ3) is 13.6. The minimum absolute atomic E-state index is 0.693. The number of ether oxygens (including phenoxy) is 1. The summed E-state index contributed by atoms with van der Waals surface area (Å²) < 4.78 is 5.27. The molecule has 0 N–H and O–H groups in total. The van der Waals surface area contributed by atoms with Gasteiger partial charge in [0.05, 0.1) is 17.9 Å². The molecule has 2 fully saturated rings. The molecule has 0 unspecified atom stereocenters. The first-order valence-corrected chi connectivity index (χ1v) is 12.0. The molecular formula is C27H53N3O. The van der Waals surface area contributed by atoms with Crippen LogP contribution in [0.3, 0.4) is 0 Å². The molecule has 0 aliphatic carbocycles. The van der Waals surface area contributed by atoms with Gasteiger partial charge in [0.1, 0.15) is 12.3 Å². The zero-order chi connectivity index (χ0) is 25.4. The molecule has 2 aliphatic heterocycles. The Balaban J connectivity index is -0.000000178. The van der Waals surface area contributed by atoms with Crippen molar-refractivity contribution in [2.24, 2.45) is 0 Å². The lowest BCUT2D eigenvalue weighted by atomic mass is 10.2. The monoisotopic (exact) mass is 435 g/mol. The van der Waals surface area contributed by atoms with Crippen molar-refractivity contribution in [3.05, 3.63) is 60.6 Å². The van der Waals surface area contributed by atoms with Crippen LogP contribution in [0.5, 0.6) is 0 Å². The van der Waals surface area contributed by atoms with Crippen LogP contribution < -0.4 is 0 Å². The topological polar surface area (TPSA) is 19.0 Å². The van der Waals surface area contributed by atoms with Crippen molar-refractivity contribution in [1.29, 1.82) is 0 Å². The van der Waals surface area contributed by atoms with Crippen LogP contribution in [-0.4, -0.2) is 61.1 Å². The van der Waals surface area contributed by atoms with E-state index in [-0.39, 0.29) is 0 Å². The van der Waals surface area contributed by atoms with Crippen molar-refractivity contribution in [3.63, 3.8) is 0 Å². The first kappa shape index (κ1) is 36.1. The van der Waals surface area contributed by atoms with Gasteiger partial charge in [-0.3, -0.25) is 0 Å². The van der Waals surface area contributed by atoms with Crippen molar-refractivity contribution in [1.82, 2.24) is 14.7 Å². The smallest absolute Gasteiger partial charge is 0.184 e. The second kappa shape index (κ2) is 25.8. The first-order chi connectivity index (χ1) is 15.0. The van der Waals surface area contributed by atoms with E-state index >= 15 is 0 Å². The summed E-state index contributed by atoms with van der Waals surface area (Å²) in [6.07, 6.45) is 0. The van der Waals surface area contributed by atoms with E-state index in [9.17, 15) is 0 Å². The van der Waals surface area contributed by atoms with E-state index in [0.717, 1.165) is 49.8 Å². The van der Waals surface area contributed by atoms with Gasteiger partial charge in [0.25, 0.3) is 0 Å². The van der Waals surface area contributed by atoms with Gasteiger partial charge in [-0.25, -0.2) is 0 Å².